The zero-order chi connectivity index (χ0) is 11.6. The molecule has 0 bridgehead atoms. The molecular formula is C13H23NO2. The fourth-order valence-corrected chi connectivity index (χ4v) is 2.49. The quantitative estimate of drug-likeness (QED) is 0.592. The second kappa shape index (κ2) is 4.74. The van der Waals surface area contributed by atoms with Crippen LogP contribution in [0.25, 0.3) is 0 Å². The SMILES string of the molecule is CC(N)(C(=O)OC1CCCCCC1)C1CC1. The molecule has 1 atom stereocenters. The summed E-state index contributed by atoms with van der Waals surface area (Å²) in [6.07, 6.45) is 9.23. The molecule has 0 heterocycles. The zero-order valence-corrected chi connectivity index (χ0v) is 10.2. The summed E-state index contributed by atoms with van der Waals surface area (Å²) in [6.45, 7) is 1.82. The third-order valence-electron chi connectivity index (χ3n) is 3.94. The lowest BCUT2D eigenvalue weighted by Crippen LogP contribution is -2.49. The van der Waals surface area contributed by atoms with Crippen molar-refractivity contribution in [2.75, 3.05) is 0 Å². The van der Waals surface area contributed by atoms with E-state index in [4.69, 9.17) is 10.5 Å². The molecule has 0 aromatic carbocycles. The summed E-state index contributed by atoms with van der Waals surface area (Å²) in [5, 5.41) is 0. The number of rotatable bonds is 3. The average Bonchev–Trinajstić information content (AvgIpc) is 3.05. The van der Waals surface area contributed by atoms with Gasteiger partial charge in [0.2, 0.25) is 0 Å². The normalized spacial score (nSPS) is 26.9. The van der Waals surface area contributed by atoms with Gasteiger partial charge in [-0.3, -0.25) is 4.79 Å². The molecule has 0 radical (unpaired) electrons. The highest BCUT2D eigenvalue weighted by Gasteiger charge is 2.45. The molecule has 92 valence electrons. The van der Waals surface area contributed by atoms with Crippen LogP contribution in [0.15, 0.2) is 0 Å². The molecule has 2 fully saturated rings. The summed E-state index contributed by atoms with van der Waals surface area (Å²) in [5.74, 6) is 0.174. The minimum Gasteiger partial charge on any atom is -0.461 e. The largest absolute Gasteiger partial charge is 0.461 e. The fourth-order valence-electron chi connectivity index (χ4n) is 2.49. The monoisotopic (exact) mass is 225 g/mol. The van der Waals surface area contributed by atoms with Gasteiger partial charge in [-0.25, -0.2) is 0 Å². The number of hydrogen-bond acceptors (Lipinski definition) is 3. The first-order valence-corrected chi connectivity index (χ1v) is 6.60. The Hall–Kier alpha value is -0.570. The molecule has 0 aromatic rings. The van der Waals surface area contributed by atoms with Crippen LogP contribution in [-0.4, -0.2) is 17.6 Å². The van der Waals surface area contributed by atoms with E-state index < -0.39 is 5.54 Å². The van der Waals surface area contributed by atoms with Gasteiger partial charge in [-0.05, 0) is 51.4 Å². The van der Waals surface area contributed by atoms with Gasteiger partial charge in [0.1, 0.15) is 11.6 Å². The van der Waals surface area contributed by atoms with E-state index in [0.29, 0.717) is 5.92 Å². The first kappa shape index (κ1) is 11.9. The van der Waals surface area contributed by atoms with E-state index in [1.807, 2.05) is 6.92 Å². The van der Waals surface area contributed by atoms with Crippen molar-refractivity contribution in [1.29, 1.82) is 0 Å². The Kier molecular flexibility index (Phi) is 3.53. The molecule has 2 rings (SSSR count). The Bertz CT molecular complexity index is 251. The molecule has 16 heavy (non-hydrogen) atoms. The molecule has 0 spiro atoms. The Morgan fingerprint density at radius 2 is 1.69 bits per heavy atom. The molecular weight excluding hydrogens is 202 g/mol. The predicted molar refractivity (Wildman–Crippen MR) is 62.9 cm³/mol. The lowest BCUT2D eigenvalue weighted by atomic mass is 9.97. The Labute approximate surface area is 97.7 Å². The Morgan fingerprint density at radius 1 is 1.12 bits per heavy atom. The Balaban J connectivity index is 1.85. The second-order valence-corrected chi connectivity index (χ2v) is 5.58. The summed E-state index contributed by atoms with van der Waals surface area (Å²) in [6, 6.07) is 0. The molecule has 2 aliphatic carbocycles. The van der Waals surface area contributed by atoms with Crippen LogP contribution < -0.4 is 5.73 Å². The lowest BCUT2D eigenvalue weighted by Gasteiger charge is -2.25. The van der Waals surface area contributed by atoms with Crippen LogP contribution in [0.3, 0.4) is 0 Å². The van der Waals surface area contributed by atoms with Crippen molar-refractivity contribution in [3.63, 3.8) is 0 Å². The van der Waals surface area contributed by atoms with Crippen LogP contribution in [0.5, 0.6) is 0 Å². The van der Waals surface area contributed by atoms with E-state index in [0.717, 1.165) is 25.7 Å². The van der Waals surface area contributed by atoms with Crippen molar-refractivity contribution >= 4 is 5.97 Å². The van der Waals surface area contributed by atoms with Gasteiger partial charge in [0.05, 0.1) is 0 Å². The molecule has 0 amide bonds. The van der Waals surface area contributed by atoms with Gasteiger partial charge in [-0.2, -0.15) is 0 Å². The van der Waals surface area contributed by atoms with E-state index in [-0.39, 0.29) is 12.1 Å². The minimum atomic E-state index is -0.744. The van der Waals surface area contributed by atoms with Gasteiger partial charge in [0.25, 0.3) is 0 Å². The van der Waals surface area contributed by atoms with E-state index in [1.54, 1.807) is 0 Å². The van der Waals surface area contributed by atoms with Gasteiger partial charge < -0.3 is 10.5 Å². The van der Waals surface area contributed by atoms with Crippen molar-refractivity contribution in [2.24, 2.45) is 11.7 Å². The molecule has 0 aromatic heterocycles. The minimum absolute atomic E-state index is 0.122. The third-order valence-corrected chi connectivity index (χ3v) is 3.94. The van der Waals surface area contributed by atoms with Crippen molar-refractivity contribution in [1.82, 2.24) is 0 Å². The van der Waals surface area contributed by atoms with E-state index in [1.165, 1.54) is 25.7 Å². The average molecular weight is 225 g/mol. The maximum atomic E-state index is 12.0. The van der Waals surface area contributed by atoms with Crippen molar-refractivity contribution in [2.45, 2.75) is 69.9 Å². The van der Waals surface area contributed by atoms with Crippen LogP contribution in [0.2, 0.25) is 0 Å². The lowest BCUT2D eigenvalue weighted by molar-refractivity contribution is -0.156. The van der Waals surface area contributed by atoms with Gasteiger partial charge in [0.15, 0.2) is 0 Å². The van der Waals surface area contributed by atoms with Crippen LogP contribution in [0.4, 0.5) is 0 Å². The molecule has 3 heteroatoms. The topological polar surface area (TPSA) is 52.3 Å². The van der Waals surface area contributed by atoms with Crippen LogP contribution >= 0.6 is 0 Å². The predicted octanol–water partition coefficient (Wildman–Crippen LogP) is 2.38. The number of carbonyl (C=O) groups excluding carboxylic acids is 1. The first-order valence-electron chi connectivity index (χ1n) is 6.60. The first-order chi connectivity index (χ1) is 7.60. The second-order valence-electron chi connectivity index (χ2n) is 5.58. The number of carbonyl (C=O) groups is 1. The van der Waals surface area contributed by atoms with E-state index in [9.17, 15) is 4.79 Å². The highest BCUT2D eigenvalue weighted by Crippen LogP contribution is 2.39. The van der Waals surface area contributed by atoms with Gasteiger partial charge in [-0.15, -0.1) is 0 Å². The van der Waals surface area contributed by atoms with E-state index >= 15 is 0 Å². The molecule has 0 aliphatic heterocycles. The number of nitrogens with two attached hydrogens (primary N) is 1. The highest BCUT2D eigenvalue weighted by atomic mass is 16.5. The number of hydrogen-bond donors (Lipinski definition) is 1. The van der Waals surface area contributed by atoms with E-state index in [2.05, 4.69) is 0 Å². The van der Waals surface area contributed by atoms with Crippen LogP contribution in [0.1, 0.15) is 58.3 Å². The van der Waals surface area contributed by atoms with Crippen molar-refractivity contribution in [3.05, 3.63) is 0 Å². The Morgan fingerprint density at radius 3 is 2.19 bits per heavy atom. The van der Waals surface area contributed by atoms with Crippen molar-refractivity contribution in [3.8, 4) is 0 Å². The smallest absolute Gasteiger partial charge is 0.326 e. The summed E-state index contributed by atoms with van der Waals surface area (Å²) in [4.78, 5) is 12.0. The zero-order valence-electron chi connectivity index (χ0n) is 10.2. The molecule has 2 N–H and O–H groups in total. The molecule has 0 saturated heterocycles. The molecule has 3 nitrogen and oxygen atoms in total. The summed E-state index contributed by atoms with van der Waals surface area (Å²) in [5.41, 5.74) is 5.30. The number of ether oxygens (including phenoxy) is 1. The highest BCUT2D eigenvalue weighted by molar-refractivity contribution is 5.81. The maximum absolute atomic E-state index is 12.0. The van der Waals surface area contributed by atoms with Gasteiger partial charge in [0, 0.05) is 0 Å². The van der Waals surface area contributed by atoms with Gasteiger partial charge in [-0.1, -0.05) is 12.8 Å². The van der Waals surface area contributed by atoms with Crippen LogP contribution in [-0.2, 0) is 9.53 Å². The molecule has 2 aliphatic rings. The summed E-state index contributed by atoms with van der Waals surface area (Å²) in [7, 11) is 0. The van der Waals surface area contributed by atoms with Crippen LogP contribution in [0, 0.1) is 5.92 Å². The molecule has 2 saturated carbocycles. The number of esters is 1. The summed E-state index contributed by atoms with van der Waals surface area (Å²) >= 11 is 0. The summed E-state index contributed by atoms with van der Waals surface area (Å²) < 4.78 is 5.57. The van der Waals surface area contributed by atoms with Gasteiger partial charge >= 0.3 is 5.97 Å². The third kappa shape index (κ3) is 2.76. The fraction of sp³-hybridized carbons (Fsp3) is 0.923. The maximum Gasteiger partial charge on any atom is 0.326 e. The van der Waals surface area contributed by atoms with Crippen molar-refractivity contribution < 1.29 is 9.53 Å². The standard InChI is InChI=1S/C13H23NO2/c1-13(14,10-8-9-10)12(15)16-11-6-4-2-3-5-7-11/h10-11H,2-9,14H2,1H3. The molecule has 1 unspecified atom stereocenters.